The van der Waals surface area contributed by atoms with Gasteiger partial charge in [-0.3, -0.25) is 0 Å². The number of ether oxygens (including phenoxy) is 1. The lowest BCUT2D eigenvalue weighted by molar-refractivity contribution is 0.0700. The minimum Gasteiger partial charge on any atom is -0.496 e. The molecule has 0 amide bonds. The lowest BCUT2D eigenvalue weighted by Crippen LogP contribution is -2.00. The van der Waals surface area contributed by atoms with Crippen LogP contribution in [0, 0.1) is 0 Å². The molecule has 0 spiro atoms. The van der Waals surface area contributed by atoms with Crippen LogP contribution in [0.1, 0.15) is 42.1 Å². The maximum Gasteiger partial charge on any atom is 0.338 e. The Hall–Kier alpha value is -2.75. The van der Waals surface area contributed by atoms with Gasteiger partial charge >= 0.3 is 5.97 Å². The minimum atomic E-state index is -0.935. The van der Waals surface area contributed by atoms with Gasteiger partial charge in [-0.25, -0.2) is 4.79 Å². The number of aromatic carboxylic acids is 1. The van der Waals surface area contributed by atoms with E-state index in [-0.39, 0.29) is 0 Å². The summed E-state index contributed by atoms with van der Waals surface area (Å²) in [5.74, 6) is 0.148. The average molecular weight is 323 g/mol. The first kappa shape index (κ1) is 16.1. The summed E-state index contributed by atoms with van der Waals surface area (Å²) in [6.45, 7) is 4.31. The van der Waals surface area contributed by atoms with E-state index in [0.717, 1.165) is 12.0 Å². The Morgan fingerprint density at radius 2 is 2.04 bits per heavy atom. The Labute approximate surface area is 141 Å². The van der Waals surface area contributed by atoms with Crippen LogP contribution in [0.3, 0.4) is 0 Å². The number of carboxylic acid groups (broad SMARTS) is 1. The van der Waals surface area contributed by atoms with Gasteiger partial charge in [-0.1, -0.05) is 26.0 Å². The number of methoxy groups -OCH3 is 1. The SMILES string of the molecule is CCC(C)c1ccc(OC)c(-c2cn3ccccc3c2C(=O)O)c1. The van der Waals surface area contributed by atoms with Crippen molar-refractivity contribution in [2.24, 2.45) is 0 Å². The number of nitrogens with zero attached hydrogens (tertiary/aromatic N) is 1. The summed E-state index contributed by atoms with van der Waals surface area (Å²) >= 11 is 0. The van der Waals surface area contributed by atoms with Crippen LogP contribution in [-0.4, -0.2) is 22.6 Å². The Morgan fingerprint density at radius 3 is 2.71 bits per heavy atom. The highest BCUT2D eigenvalue weighted by molar-refractivity contribution is 6.04. The molecule has 1 atom stereocenters. The molecular formula is C20H21NO3. The van der Waals surface area contributed by atoms with E-state index in [2.05, 4.69) is 13.8 Å². The molecule has 24 heavy (non-hydrogen) atoms. The van der Waals surface area contributed by atoms with E-state index in [1.54, 1.807) is 7.11 Å². The molecule has 0 saturated carbocycles. The zero-order valence-corrected chi connectivity index (χ0v) is 14.1. The van der Waals surface area contributed by atoms with Crippen molar-refractivity contribution in [3.05, 3.63) is 59.9 Å². The molecule has 0 fully saturated rings. The highest BCUT2D eigenvalue weighted by Gasteiger charge is 2.21. The molecule has 0 aliphatic carbocycles. The maximum absolute atomic E-state index is 11.9. The predicted molar refractivity (Wildman–Crippen MR) is 95.1 cm³/mol. The number of fused-ring (bicyclic) bond motifs is 1. The maximum atomic E-state index is 11.9. The quantitative estimate of drug-likeness (QED) is 0.732. The molecule has 0 saturated heterocycles. The van der Waals surface area contributed by atoms with Gasteiger partial charge in [-0.15, -0.1) is 0 Å². The number of pyridine rings is 1. The normalized spacial score (nSPS) is 12.3. The number of aromatic nitrogens is 1. The van der Waals surface area contributed by atoms with Gasteiger partial charge in [0.15, 0.2) is 0 Å². The van der Waals surface area contributed by atoms with Gasteiger partial charge in [0.1, 0.15) is 5.75 Å². The fourth-order valence-electron chi connectivity index (χ4n) is 3.03. The van der Waals surface area contributed by atoms with Crippen LogP contribution >= 0.6 is 0 Å². The van der Waals surface area contributed by atoms with Crippen molar-refractivity contribution in [2.45, 2.75) is 26.2 Å². The topological polar surface area (TPSA) is 50.9 Å². The molecule has 1 unspecified atom stereocenters. The van der Waals surface area contributed by atoms with Crippen LogP contribution in [0.15, 0.2) is 48.8 Å². The first-order chi connectivity index (χ1) is 11.6. The van der Waals surface area contributed by atoms with Crippen LogP contribution < -0.4 is 4.74 Å². The second-order valence-corrected chi connectivity index (χ2v) is 5.99. The molecule has 3 aromatic rings. The summed E-state index contributed by atoms with van der Waals surface area (Å²) in [5.41, 5.74) is 3.65. The molecule has 4 heteroatoms. The van der Waals surface area contributed by atoms with Gasteiger partial charge in [-0.05, 0) is 42.2 Å². The molecular weight excluding hydrogens is 302 g/mol. The number of carbonyl (C=O) groups is 1. The molecule has 0 bridgehead atoms. The summed E-state index contributed by atoms with van der Waals surface area (Å²) in [5, 5.41) is 9.75. The minimum absolute atomic E-state index is 0.301. The lowest BCUT2D eigenvalue weighted by Gasteiger charge is -2.14. The van der Waals surface area contributed by atoms with Crippen molar-refractivity contribution in [3.63, 3.8) is 0 Å². The van der Waals surface area contributed by atoms with Crippen molar-refractivity contribution in [2.75, 3.05) is 7.11 Å². The van der Waals surface area contributed by atoms with Crippen LogP contribution in [0.5, 0.6) is 5.75 Å². The molecule has 0 aliphatic heterocycles. The molecule has 2 heterocycles. The number of rotatable bonds is 5. The second-order valence-electron chi connectivity index (χ2n) is 5.99. The van der Waals surface area contributed by atoms with E-state index < -0.39 is 5.97 Å². The Morgan fingerprint density at radius 1 is 1.25 bits per heavy atom. The summed E-state index contributed by atoms with van der Waals surface area (Å²) < 4.78 is 7.34. The molecule has 3 rings (SSSR count). The standard InChI is InChI=1S/C20H21NO3/c1-4-13(2)14-8-9-18(24-3)15(11-14)16-12-21-10-6-5-7-17(21)19(16)20(22)23/h5-13H,4H2,1-3H3,(H,22,23). The number of carboxylic acids is 1. The third-order valence-corrected chi connectivity index (χ3v) is 4.59. The number of hydrogen-bond donors (Lipinski definition) is 1. The van der Waals surface area contributed by atoms with E-state index in [1.165, 1.54) is 5.56 Å². The average Bonchev–Trinajstić information content (AvgIpc) is 3.00. The molecule has 0 radical (unpaired) electrons. The summed E-state index contributed by atoms with van der Waals surface area (Å²) in [6.07, 6.45) is 4.74. The largest absolute Gasteiger partial charge is 0.496 e. The predicted octanol–water partition coefficient (Wildman–Crippen LogP) is 4.83. The van der Waals surface area contributed by atoms with E-state index >= 15 is 0 Å². The van der Waals surface area contributed by atoms with Crippen LogP contribution in [0.4, 0.5) is 0 Å². The second kappa shape index (κ2) is 6.40. The van der Waals surface area contributed by atoms with Crippen molar-refractivity contribution in [1.82, 2.24) is 4.40 Å². The van der Waals surface area contributed by atoms with Crippen molar-refractivity contribution in [1.29, 1.82) is 0 Å². The highest BCUT2D eigenvalue weighted by atomic mass is 16.5. The molecule has 4 nitrogen and oxygen atoms in total. The van der Waals surface area contributed by atoms with Crippen LogP contribution in [0.2, 0.25) is 0 Å². The Bertz CT molecular complexity index is 895. The van der Waals surface area contributed by atoms with E-state index in [4.69, 9.17) is 4.74 Å². The van der Waals surface area contributed by atoms with Gasteiger partial charge in [0.2, 0.25) is 0 Å². The van der Waals surface area contributed by atoms with Crippen molar-refractivity contribution in [3.8, 4) is 16.9 Å². The highest BCUT2D eigenvalue weighted by Crippen LogP contribution is 2.37. The van der Waals surface area contributed by atoms with Gasteiger partial charge in [0, 0.05) is 23.5 Å². The zero-order chi connectivity index (χ0) is 17.3. The number of hydrogen-bond acceptors (Lipinski definition) is 2. The molecule has 124 valence electrons. The molecule has 1 N–H and O–H groups in total. The first-order valence-corrected chi connectivity index (χ1v) is 8.08. The van der Waals surface area contributed by atoms with Crippen molar-refractivity contribution >= 4 is 11.5 Å². The molecule has 0 aliphatic rings. The molecule has 2 aromatic heterocycles. The van der Waals surface area contributed by atoms with Crippen molar-refractivity contribution < 1.29 is 14.6 Å². The summed E-state index contributed by atoms with van der Waals surface area (Å²) in [6, 6.07) is 11.6. The van der Waals surface area contributed by atoms with E-state index in [9.17, 15) is 9.90 Å². The Kier molecular flexibility index (Phi) is 4.30. The Balaban J connectivity index is 2.30. The third-order valence-electron chi connectivity index (χ3n) is 4.59. The van der Waals surface area contributed by atoms with Gasteiger partial charge in [0.05, 0.1) is 18.2 Å². The fourth-order valence-corrected chi connectivity index (χ4v) is 3.03. The zero-order valence-electron chi connectivity index (χ0n) is 14.1. The van der Waals surface area contributed by atoms with E-state index in [1.807, 2.05) is 53.2 Å². The number of benzene rings is 1. The van der Waals surface area contributed by atoms with Gasteiger partial charge in [0.25, 0.3) is 0 Å². The summed E-state index contributed by atoms with van der Waals surface area (Å²) in [7, 11) is 1.61. The fraction of sp³-hybridized carbons (Fsp3) is 0.250. The third kappa shape index (κ3) is 2.64. The summed E-state index contributed by atoms with van der Waals surface area (Å²) in [4.78, 5) is 11.9. The van der Waals surface area contributed by atoms with Crippen LogP contribution in [0.25, 0.3) is 16.6 Å². The van der Waals surface area contributed by atoms with Gasteiger partial charge in [-0.2, -0.15) is 0 Å². The monoisotopic (exact) mass is 323 g/mol. The molecule has 1 aromatic carbocycles. The van der Waals surface area contributed by atoms with Gasteiger partial charge < -0.3 is 14.2 Å². The van der Waals surface area contributed by atoms with Crippen LogP contribution in [-0.2, 0) is 0 Å². The smallest absolute Gasteiger partial charge is 0.338 e. The lowest BCUT2D eigenvalue weighted by atomic mass is 9.93. The first-order valence-electron chi connectivity index (χ1n) is 8.08. The van der Waals surface area contributed by atoms with E-state index in [0.29, 0.717) is 28.3 Å².